The average Bonchev–Trinajstić information content (AvgIpc) is 3.13. The van der Waals surface area contributed by atoms with Crippen LogP contribution in [0.3, 0.4) is 0 Å². The van der Waals surface area contributed by atoms with Gasteiger partial charge in [-0.1, -0.05) is 45.0 Å². The van der Waals surface area contributed by atoms with Crippen LogP contribution in [0.5, 0.6) is 0 Å². The number of rotatable bonds is 4. The van der Waals surface area contributed by atoms with Gasteiger partial charge in [0, 0.05) is 23.8 Å². The third-order valence-electron chi connectivity index (χ3n) is 6.37. The van der Waals surface area contributed by atoms with Crippen molar-refractivity contribution in [3.63, 3.8) is 0 Å². The van der Waals surface area contributed by atoms with Crippen molar-refractivity contribution in [3.05, 3.63) is 35.9 Å². The molecule has 6 nitrogen and oxygen atoms in total. The molecule has 3 aliphatic heterocycles. The Balaban J connectivity index is 1.86. The normalized spacial score (nSPS) is 28.2. The first kappa shape index (κ1) is 19.8. The third-order valence-corrected chi connectivity index (χ3v) is 6.37. The number of benzene rings is 1. The highest BCUT2D eigenvalue weighted by molar-refractivity contribution is 6.12. The number of amides is 2. The molecule has 3 aliphatic rings. The molecule has 2 fully saturated rings. The van der Waals surface area contributed by atoms with Gasteiger partial charge in [-0.05, 0) is 18.6 Å². The fourth-order valence-electron chi connectivity index (χ4n) is 5.01. The minimum Gasteiger partial charge on any atom is -0.383 e. The molecule has 0 N–H and O–H groups in total. The van der Waals surface area contributed by atoms with Crippen molar-refractivity contribution in [2.45, 2.75) is 39.8 Å². The molecule has 4 atom stereocenters. The summed E-state index contributed by atoms with van der Waals surface area (Å²) in [5.74, 6) is -1.66. The highest BCUT2D eigenvalue weighted by atomic mass is 16.5. The number of likely N-dealkylation sites (tertiary alicyclic amines) is 1. The number of methoxy groups -OCH3 is 1. The Hall–Kier alpha value is -2.47. The van der Waals surface area contributed by atoms with E-state index in [4.69, 9.17) is 4.74 Å². The van der Waals surface area contributed by atoms with Crippen LogP contribution in [0.15, 0.2) is 30.3 Å². The van der Waals surface area contributed by atoms with E-state index in [2.05, 4.69) is 6.08 Å². The number of ketones is 1. The van der Waals surface area contributed by atoms with Crippen LogP contribution < -0.4 is 4.90 Å². The molecule has 1 aromatic carbocycles. The molecule has 6 heteroatoms. The van der Waals surface area contributed by atoms with Gasteiger partial charge in [0.1, 0.15) is 6.04 Å². The number of nitrogens with zero attached hydrogens (tertiary/aromatic N) is 2. The molecule has 2 saturated heterocycles. The van der Waals surface area contributed by atoms with Gasteiger partial charge in [0.25, 0.3) is 0 Å². The van der Waals surface area contributed by atoms with Gasteiger partial charge in [-0.25, -0.2) is 0 Å². The highest BCUT2D eigenvalue weighted by Crippen LogP contribution is 2.50. The molecule has 1 aromatic rings. The predicted molar refractivity (Wildman–Crippen MR) is 110 cm³/mol. The van der Waals surface area contributed by atoms with Crippen molar-refractivity contribution in [2.75, 3.05) is 25.2 Å². The lowest BCUT2D eigenvalue weighted by atomic mass is 9.79. The maximum Gasteiger partial charge on any atom is 0.235 e. The Bertz CT molecular complexity index is 914. The van der Waals surface area contributed by atoms with Gasteiger partial charge in [0.05, 0.1) is 31.0 Å². The van der Waals surface area contributed by atoms with Gasteiger partial charge >= 0.3 is 0 Å². The van der Waals surface area contributed by atoms with Crippen LogP contribution in [0.25, 0.3) is 5.57 Å². The summed E-state index contributed by atoms with van der Waals surface area (Å²) in [5.41, 5.74) is 2.42. The van der Waals surface area contributed by atoms with Gasteiger partial charge in [0.15, 0.2) is 5.78 Å². The van der Waals surface area contributed by atoms with Gasteiger partial charge in [-0.2, -0.15) is 0 Å². The summed E-state index contributed by atoms with van der Waals surface area (Å²) in [5, 5.41) is 0. The largest absolute Gasteiger partial charge is 0.383 e. The van der Waals surface area contributed by atoms with Gasteiger partial charge in [0.2, 0.25) is 11.8 Å². The minimum atomic E-state index is -0.661. The summed E-state index contributed by atoms with van der Waals surface area (Å²) in [6.07, 6.45) is 2.06. The number of anilines is 1. The highest BCUT2D eigenvalue weighted by Gasteiger charge is 2.64. The predicted octanol–water partition coefficient (Wildman–Crippen LogP) is 2.52. The quantitative estimate of drug-likeness (QED) is 0.732. The van der Waals surface area contributed by atoms with E-state index in [1.165, 1.54) is 4.90 Å². The lowest BCUT2D eigenvalue weighted by Gasteiger charge is -2.39. The Morgan fingerprint density at radius 2 is 1.76 bits per heavy atom. The average molecular weight is 396 g/mol. The number of fused-ring (bicyclic) bond motifs is 5. The first-order valence-corrected chi connectivity index (χ1v) is 10.1. The van der Waals surface area contributed by atoms with E-state index in [0.717, 1.165) is 16.8 Å². The fraction of sp³-hybridized carbons (Fsp3) is 0.522. The summed E-state index contributed by atoms with van der Waals surface area (Å²) in [4.78, 5) is 43.5. The smallest absolute Gasteiger partial charge is 0.235 e. The molecular formula is C23H28N2O4. The summed E-state index contributed by atoms with van der Waals surface area (Å²) in [6.45, 7) is 8.16. The van der Waals surface area contributed by atoms with Crippen molar-refractivity contribution in [1.82, 2.24) is 4.90 Å². The van der Waals surface area contributed by atoms with Crippen molar-refractivity contribution < 1.29 is 19.1 Å². The van der Waals surface area contributed by atoms with Crippen LogP contribution in [-0.4, -0.2) is 54.8 Å². The number of ether oxygens (including phenoxy) is 1. The van der Waals surface area contributed by atoms with E-state index >= 15 is 0 Å². The number of hydrogen-bond acceptors (Lipinski definition) is 5. The van der Waals surface area contributed by atoms with Crippen molar-refractivity contribution >= 4 is 28.9 Å². The molecule has 2 amide bonds. The summed E-state index contributed by atoms with van der Waals surface area (Å²) < 4.78 is 5.09. The second kappa shape index (κ2) is 6.80. The summed E-state index contributed by atoms with van der Waals surface area (Å²) in [7, 11) is 1.55. The van der Waals surface area contributed by atoms with Gasteiger partial charge in [-0.15, -0.1) is 0 Å². The maximum absolute atomic E-state index is 13.6. The van der Waals surface area contributed by atoms with Crippen molar-refractivity contribution in [3.8, 4) is 0 Å². The molecular weight excluding hydrogens is 368 g/mol. The molecule has 0 spiro atoms. The van der Waals surface area contributed by atoms with E-state index in [0.29, 0.717) is 6.61 Å². The zero-order chi connectivity index (χ0) is 21.1. The van der Waals surface area contributed by atoms with Crippen LogP contribution in [-0.2, 0) is 19.1 Å². The molecule has 0 saturated carbocycles. The Kier molecular flexibility index (Phi) is 4.65. The monoisotopic (exact) mass is 396 g/mol. The summed E-state index contributed by atoms with van der Waals surface area (Å²) in [6, 6.07) is 6.97. The standard InChI is InChI=1S/C23H28N2O4/c1-13-12-16-17-18(22(28)24(21(17)27)10-11-29-5)19(20(26)23(2,3)4)25(16)15-9-7-6-8-14(13)15/h6-9,12,16-19H,10-11H2,1-5H3/t16-,17+,18+,19-/m1/s1. The number of para-hydroxylation sites is 1. The van der Waals surface area contributed by atoms with Crippen LogP contribution >= 0.6 is 0 Å². The Labute approximate surface area is 171 Å². The number of Topliss-reactive ketones (excluding diaryl/α,β-unsaturated/α-hetero) is 1. The zero-order valence-corrected chi connectivity index (χ0v) is 17.6. The van der Waals surface area contributed by atoms with E-state index < -0.39 is 23.3 Å². The first-order chi connectivity index (χ1) is 13.7. The van der Waals surface area contributed by atoms with E-state index in [1.54, 1.807) is 7.11 Å². The molecule has 0 bridgehead atoms. The lowest BCUT2D eigenvalue weighted by molar-refractivity contribution is -0.142. The number of hydrogen-bond donors (Lipinski definition) is 0. The topological polar surface area (TPSA) is 66.9 Å². The molecule has 0 radical (unpaired) electrons. The maximum atomic E-state index is 13.6. The van der Waals surface area contributed by atoms with Crippen LogP contribution in [0, 0.1) is 17.3 Å². The molecule has 0 aromatic heterocycles. The first-order valence-electron chi connectivity index (χ1n) is 10.1. The Morgan fingerprint density at radius 3 is 2.41 bits per heavy atom. The molecule has 4 rings (SSSR count). The second-order valence-corrected chi connectivity index (χ2v) is 9.20. The number of imide groups is 1. The fourth-order valence-corrected chi connectivity index (χ4v) is 5.01. The van der Waals surface area contributed by atoms with Gasteiger partial charge < -0.3 is 9.64 Å². The van der Waals surface area contributed by atoms with Crippen molar-refractivity contribution in [1.29, 1.82) is 0 Å². The lowest BCUT2D eigenvalue weighted by Crippen LogP contribution is -2.51. The van der Waals surface area contributed by atoms with E-state index in [1.807, 2.05) is 56.9 Å². The SMILES string of the molecule is COCCN1C(=O)[C@@H]2[C@H](C1=O)[C@H](C(=O)C(C)(C)C)N1c3ccccc3C(C)=C[C@H]21. The molecule has 0 aliphatic carbocycles. The Morgan fingerprint density at radius 1 is 1.10 bits per heavy atom. The van der Waals surface area contributed by atoms with Crippen LogP contribution in [0.1, 0.15) is 33.3 Å². The number of allylic oxidation sites excluding steroid dienone is 1. The number of carbonyl (C=O) groups excluding carboxylic acids is 3. The van der Waals surface area contributed by atoms with Crippen LogP contribution in [0.2, 0.25) is 0 Å². The summed E-state index contributed by atoms with van der Waals surface area (Å²) >= 11 is 0. The molecule has 3 heterocycles. The van der Waals surface area contributed by atoms with E-state index in [9.17, 15) is 14.4 Å². The zero-order valence-electron chi connectivity index (χ0n) is 17.6. The van der Waals surface area contributed by atoms with Crippen molar-refractivity contribution in [2.24, 2.45) is 17.3 Å². The van der Waals surface area contributed by atoms with E-state index in [-0.39, 0.29) is 30.2 Å². The molecule has 154 valence electrons. The molecule has 0 unspecified atom stereocenters. The molecule has 29 heavy (non-hydrogen) atoms. The minimum absolute atomic E-state index is 0.00695. The third kappa shape index (κ3) is 2.84. The van der Waals surface area contributed by atoms with Crippen LogP contribution in [0.4, 0.5) is 5.69 Å². The van der Waals surface area contributed by atoms with Gasteiger partial charge in [-0.3, -0.25) is 19.3 Å². The second-order valence-electron chi connectivity index (χ2n) is 9.20. The number of carbonyl (C=O) groups is 3.